The third kappa shape index (κ3) is 5.32. The number of fused-ring (bicyclic) bond motifs is 1. The van der Waals surface area contributed by atoms with E-state index in [0.29, 0.717) is 21.8 Å². The molecule has 5 rings (SSSR count). The summed E-state index contributed by atoms with van der Waals surface area (Å²) in [6.07, 6.45) is 0. The minimum absolute atomic E-state index is 0.0278. The summed E-state index contributed by atoms with van der Waals surface area (Å²) in [6, 6.07) is 28.4. The fraction of sp³-hybridized carbons (Fsp3) is 0.111. The Kier molecular flexibility index (Phi) is 7.11. The SMILES string of the molecule is Cc1ccc(Cl)cc1-n1c(CNS(=O)(=O)c2ccc3ccccc3c2)nnc1SCc1ccccc1. The molecule has 0 spiro atoms. The van der Waals surface area contributed by atoms with Crippen molar-refractivity contribution in [3.63, 3.8) is 0 Å². The van der Waals surface area contributed by atoms with Gasteiger partial charge in [0.15, 0.2) is 11.0 Å². The summed E-state index contributed by atoms with van der Waals surface area (Å²) in [5, 5.41) is 11.8. The molecule has 0 fully saturated rings. The van der Waals surface area contributed by atoms with Gasteiger partial charge in [0.05, 0.1) is 17.1 Å². The molecule has 5 aromatic rings. The normalized spacial score (nSPS) is 11.7. The molecule has 0 unspecified atom stereocenters. The molecule has 0 aliphatic rings. The van der Waals surface area contributed by atoms with Gasteiger partial charge in [0.25, 0.3) is 0 Å². The van der Waals surface area contributed by atoms with Crippen LogP contribution < -0.4 is 4.72 Å². The van der Waals surface area contributed by atoms with Gasteiger partial charge in [-0.15, -0.1) is 10.2 Å². The fourth-order valence-electron chi connectivity index (χ4n) is 3.87. The average Bonchev–Trinajstić information content (AvgIpc) is 3.30. The summed E-state index contributed by atoms with van der Waals surface area (Å²) in [5.74, 6) is 1.17. The largest absolute Gasteiger partial charge is 0.273 e. The van der Waals surface area contributed by atoms with Crippen LogP contribution in [0.3, 0.4) is 0 Å². The lowest BCUT2D eigenvalue weighted by molar-refractivity contribution is 0.578. The Hall–Kier alpha value is -3.17. The smallest absolute Gasteiger partial charge is 0.240 e. The molecule has 0 bridgehead atoms. The Bertz CT molecular complexity index is 1640. The van der Waals surface area contributed by atoms with E-state index in [-0.39, 0.29) is 11.4 Å². The highest BCUT2D eigenvalue weighted by Crippen LogP contribution is 2.29. The minimum atomic E-state index is -3.78. The second-order valence-electron chi connectivity index (χ2n) is 8.27. The lowest BCUT2D eigenvalue weighted by Crippen LogP contribution is -2.25. The molecule has 0 aliphatic carbocycles. The molecule has 4 aromatic carbocycles. The van der Waals surface area contributed by atoms with Crippen LogP contribution in [0, 0.1) is 6.92 Å². The van der Waals surface area contributed by atoms with E-state index in [9.17, 15) is 8.42 Å². The van der Waals surface area contributed by atoms with E-state index in [2.05, 4.69) is 27.1 Å². The monoisotopic (exact) mass is 534 g/mol. The summed E-state index contributed by atoms with van der Waals surface area (Å²) in [6.45, 7) is 1.94. The van der Waals surface area contributed by atoms with Crippen molar-refractivity contribution in [2.75, 3.05) is 0 Å². The average molecular weight is 535 g/mol. The summed E-state index contributed by atoms with van der Waals surface area (Å²) < 4.78 is 30.8. The highest BCUT2D eigenvalue weighted by molar-refractivity contribution is 7.98. The summed E-state index contributed by atoms with van der Waals surface area (Å²) in [5.41, 5.74) is 2.93. The fourth-order valence-corrected chi connectivity index (χ4v) is 5.97. The molecule has 6 nitrogen and oxygen atoms in total. The van der Waals surface area contributed by atoms with E-state index in [1.165, 1.54) is 11.8 Å². The number of hydrogen-bond acceptors (Lipinski definition) is 5. The van der Waals surface area contributed by atoms with E-state index in [0.717, 1.165) is 27.6 Å². The van der Waals surface area contributed by atoms with Crippen LogP contribution in [0.15, 0.2) is 101 Å². The molecule has 36 heavy (non-hydrogen) atoms. The Morgan fingerprint density at radius 1 is 0.889 bits per heavy atom. The van der Waals surface area contributed by atoms with E-state index in [4.69, 9.17) is 11.6 Å². The van der Waals surface area contributed by atoms with Crippen LogP contribution in [0.1, 0.15) is 17.0 Å². The van der Waals surface area contributed by atoms with Crippen LogP contribution in [0.4, 0.5) is 0 Å². The summed E-state index contributed by atoms with van der Waals surface area (Å²) in [4.78, 5) is 0.199. The Labute approximate surface area is 219 Å². The molecule has 1 aromatic heterocycles. The van der Waals surface area contributed by atoms with Gasteiger partial charge in [-0.1, -0.05) is 90.1 Å². The third-order valence-electron chi connectivity index (χ3n) is 5.77. The first-order chi connectivity index (χ1) is 17.4. The molecule has 1 heterocycles. The van der Waals surface area contributed by atoms with Crippen LogP contribution in [0.5, 0.6) is 0 Å². The number of nitrogens with zero attached hydrogens (tertiary/aromatic N) is 3. The third-order valence-corrected chi connectivity index (χ3v) is 8.41. The topological polar surface area (TPSA) is 76.9 Å². The maximum absolute atomic E-state index is 13.1. The molecule has 182 valence electrons. The number of thioether (sulfide) groups is 1. The number of aryl methyl sites for hydroxylation is 1. The van der Waals surface area contributed by atoms with E-state index in [1.54, 1.807) is 18.2 Å². The van der Waals surface area contributed by atoms with Crippen molar-refractivity contribution in [2.24, 2.45) is 0 Å². The summed E-state index contributed by atoms with van der Waals surface area (Å²) >= 11 is 7.85. The van der Waals surface area contributed by atoms with Crippen LogP contribution in [0.2, 0.25) is 5.02 Å². The zero-order valence-electron chi connectivity index (χ0n) is 19.4. The quantitative estimate of drug-likeness (QED) is 0.241. The second kappa shape index (κ2) is 10.4. The van der Waals surface area contributed by atoms with Crippen molar-refractivity contribution in [1.82, 2.24) is 19.5 Å². The van der Waals surface area contributed by atoms with Crippen LogP contribution in [-0.2, 0) is 22.3 Å². The van der Waals surface area contributed by atoms with Gasteiger partial charge in [-0.05, 0) is 53.1 Å². The number of rotatable bonds is 8. The lowest BCUT2D eigenvalue weighted by Gasteiger charge is -2.14. The van der Waals surface area contributed by atoms with Gasteiger partial charge in [-0.2, -0.15) is 0 Å². The Balaban J connectivity index is 1.45. The zero-order chi connectivity index (χ0) is 25.1. The molecule has 0 atom stereocenters. The van der Waals surface area contributed by atoms with Crippen LogP contribution >= 0.6 is 23.4 Å². The van der Waals surface area contributed by atoms with Crippen molar-refractivity contribution in [2.45, 2.75) is 29.3 Å². The van der Waals surface area contributed by atoms with E-state index < -0.39 is 10.0 Å². The predicted molar refractivity (Wildman–Crippen MR) is 145 cm³/mol. The molecule has 0 saturated heterocycles. The van der Waals surface area contributed by atoms with Crippen LogP contribution in [-0.4, -0.2) is 23.2 Å². The number of nitrogens with one attached hydrogen (secondary N) is 1. The second-order valence-corrected chi connectivity index (χ2v) is 11.4. The van der Waals surface area contributed by atoms with Gasteiger partial charge in [-0.25, -0.2) is 13.1 Å². The maximum Gasteiger partial charge on any atom is 0.240 e. The van der Waals surface area contributed by atoms with Crippen molar-refractivity contribution in [3.8, 4) is 5.69 Å². The van der Waals surface area contributed by atoms with E-state index >= 15 is 0 Å². The van der Waals surface area contributed by atoms with E-state index in [1.807, 2.05) is 72.2 Å². The molecule has 0 aliphatic heterocycles. The van der Waals surface area contributed by atoms with Gasteiger partial charge in [0, 0.05) is 10.8 Å². The first-order valence-electron chi connectivity index (χ1n) is 11.3. The predicted octanol–water partition coefficient (Wildman–Crippen LogP) is 6.15. The first-order valence-corrected chi connectivity index (χ1v) is 14.1. The number of hydrogen-bond donors (Lipinski definition) is 1. The van der Waals surface area contributed by atoms with Crippen molar-refractivity contribution in [3.05, 3.63) is 113 Å². The van der Waals surface area contributed by atoms with Gasteiger partial charge < -0.3 is 0 Å². The molecule has 0 amide bonds. The first kappa shape index (κ1) is 24.5. The molecule has 9 heteroatoms. The minimum Gasteiger partial charge on any atom is -0.273 e. The molecule has 1 N–H and O–H groups in total. The zero-order valence-corrected chi connectivity index (χ0v) is 21.8. The molecule has 0 radical (unpaired) electrons. The number of sulfonamides is 1. The molecule has 0 saturated carbocycles. The Morgan fingerprint density at radius 2 is 1.64 bits per heavy atom. The van der Waals surface area contributed by atoms with Gasteiger partial charge in [-0.3, -0.25) is 4.57 Å². The highest BCUT2D eigenvalue weighted by atomic mass is 35.5. The standard InChI is InChI=1S/C27H23ClN4O2S2/c1-19-11-13-23(28)16-25(19)32-26(30-31-27(32)35-18-20-7-3-2-4-8-20)17-29-36(33,34)24-14-12-21-9-5-6-10-22(21)15-24/h2-16,29H,17-18H2,1H3. The maximum atomic E-state index is 13.1. The summed E-state index contributed by atoms with van der Waals surface area (Å²) in [7, 11) is -3.78. The number of halogens is 1. The Morgan fingerprint density at radius 3 is 2.44 bits per heavy atom. The van der Waals surface area contributed by atoms with Crippen LogP contribution in [0.25, 0.3) is 16.5 Å². The highest BCUT2D eigenvalue weighted by Gasteiger charge is 2.20. The van der Waals surface area contributed by atoms with Crippen molar-refractivity contribution < 1.29 is 8.42 Å². The van der Waals surface area contributed by atoms with Crippen molar-refractivity contribution >= 4 is 44.2 Å². The van der Waals surface area contributed by atoms with Crippen molar-refractivity contribution in [1.29, 1.82) is 0 Å². The molecular formula is C27H23ClN4O2S2. The number of benzene rings is 4. The van der Waals surface area contributed by atoms with Gasteiger partial charge in [0.2, 0.25) is 10.0 Å². The number of aromatic nitrogens is 3. The molecular weight excluding hydrogens is 512 g/mol. The van der Waals surface area contributed by atoms with Gasteiger partial charge >= 0.3 is 0 Å². The van der Waals surface area contributed by atoms with Gasteiger partial charge in [0.1, 0.15) is 0 Å². The lowest BCUT2D eigenvalue weighted by atomic mass is 10.1.